The van der Waals surface area contributed by atoms with Gasteiger partial charge in [0.1, 0.15) is 0 Å². The first-order valence-electron chi connectivity index (χ1n) is 10.1. The van der Waals surface area contributed by atoms with Crippen LogP contribution in [0.5, 0.6) is 0 Å². The fraction of sp³-hybridized carbons (Fsp3) is 0.154. The van der Waals surface area contributed by atoms with E-state index in [4.69, 9.17) is 0 Å². The molecule has 0 atom stereocenters. The first-order chi connectivity index (χ1) is 14.4. The summed E-state index contributed by atoms with van der Waals surface area (Å²) in [5, 5.41) is 3.63. The lowest BCUT2D eigenvalue weighted by atomic mass is 10.2. The van der Waals surface area contributed by atoms with Gasteiger partial charge in [-0.2, -0.15) is 9.13 Å². The van der Waals surface area contributed by atoms with Gasteiger partial charge in [0.05, 0.1) is 13.1 Å². The van der Waals surface area contributed by atoms with E-state index in [1.54, 1.807) is 0 Å². The van der Waals surface area contributed by atoms with Crippen molar-refractivity contribution in [3.8, 4) is 0 Å². The van der Waals surface area contributed by atoms with Crippen LogP contribution in [0, 0.1) is 0 Å². The van der Waals surface area contributed by atoms with Gasteiger partial charge >= 0.3 is 0 Å². The lowest BCUT2D eigenvalue weighted by Gasteiger charge is -2.07. The van der Waals surface area contributed by atoms with Crippen molar-refractivity contribution in [2.75, 3.05) is 0 Å². The molecule has 3 nitrogen and oxygen atoms in total. The fourth-order valence-corrected chi connectivity index (χ4v) is 3.53. The lowest BCUT2D eigenvalue weighted by Crippen LogP contribution is -2.42. The van der Waals surface area contributed by atoms with Gasteiger partial charge in [0.25, 0.3) is 0 Å². The van der Waals surface area contributed by atoms with E-state index in [2.05, 4.69) is 124 Å². The summed E-state index contributed by atoms with van der Waals surface area (Å²) in [5.41, 5.74) is 5.19. The first kappa shape index (κ1) is 19.0. The van der Waals surface area contributed by atoms with Crippen molar-refractivity contribution in [1.82, 2.24) is 5.32 Å². The minimum absolute atomic E-state index is 0.827. The Morgan fingerprint density at radius 2 is 0.897 bits per heavy atom. The molecule has 0 bridgehead atoms. The molecule has 4 aromatic rings. The highest BCUT2D eigenvalue weighted by Crippen LogP contribution is 2.02. The molecule has 0 spiro atoms. The molecular weight excluding hydrogens is 354 g/mol. The van der Waals surface area contributed by atoms with E-state index in [0.29, 0.717) is 0 Å². The van der Waals surface area contributed by atoms with E-state index in [0.717, 1.165) is 26.2 Å². The van der Waals surface area contributed by atoms with Gasteiger partial charge in [0.2, 0.25) is 0 Å². The molecule has 0 amide bonds. The number of hydrogen-bond acceptors (Lipinski definition) is 1. The minimum atomic E-state index is 0.827. The molecular formula is C26H27N3+2. The minimum Gasteiger partial charge on any atom is -0.298 e. The SMILES string of the molecule is c1ccc(C[n+]2ccccc2CNCc2cccc[n+]2Cc2ccccc2)cc1. The second-order valence-corrected chi connectivity index (χ2v) is 7.21. The van der Waals surface area contributed by atoms with Crippen molar-refractivity contribution in [1.29, 1.82) is 0 Å². The van der Waals surface area contributed by atoms with Crippen LogP contribution >= 0.6 is 0 Å². The Balaban J connectivity index is 1.41. The van der Waals surface area contributed by atoms with Crippen LogP contribution in [0.25, 0.3) is 0 Å². The van der Waals surface area contributed by atoms with Gasteiger partial charge in [0, 0.05) is 35.4 Å². The number of benzene rings is 2. The second-order valence-electron chi connectivity index (χ2n) is 7.21. The highest BCUT2D eigenvalue weighted by Gasteiger charge is 2.13. The maximum absolute atomic E-state index is 3.63. The third kappa shape index (κ3) is 5.37. The number of aromatic nitrogens is 2. The zero-order valence-electron chi connectivity index (χ0n) is 16.6. The molecule has 0 saturated heterocycles. The van der Waals surface area contributed by atoms with Crippen LogP contribution in [-0.2, 0) is 26.2 Å². The molecule has 29 heavy (non-hydrogen) atoms. The number of hydrogen-bond donors (Lipinski definition) is 1. The molecule has 0 fully saturated rings. The average Bonchev–Trinajstić information content (AvgIpc) is 2.78. The van der Waals surface area contributed by atoms with E-state index in [1.807, 2.05) is 0 Å². The Bertz CT molecular complexity index is 945. The summed E-state index contributed by atoms with van der Waals surface area (Å²) >= 11 is 0. The average molecular weight is 382 g/mol. The predicted molar refractivity (Wildman–Crippen MR) is 115 cm³/mol. The van der Waals surface area contributed by atoms with Crippen molar-refractivity contribution in [2.45, 2.75) is 26.2 Å². The van der Waals surface area contributed by atoms with Gasteiger partial charge in [-0.05, 0) is 0 Å². The maximum atomic E-state index is 3.63. The quantitative estimate of drug-likeness (QED) is 0.462. The molecule has 0 radical (unpaired) electrons. The first-order valence-corrected chi connectivity index (χ1v) is 10.1. The number of nitrogens with zero attached hydrogens (tertiary/aromatic N) is 2. The molecule has 0 saturated carbocycles. The Hall–Kier alpha value is -3.30. The molecule has 2 heterocycles. The van der Waals surface area contributed by atoms with Gasteiger partial charge in [-0.15, -0.1) is 0 Å². The Kier molecular flexibility index (Phi) is 6.41. The molecule has 0 unspecified atom stereocenters. The van der Waals surface area contributed by atoms with Crippen LogP contribution in [0.3, 0.4) is 0 Å². The summed E-state index contributed by atoms with van der Waals surface area (Å²) in [7, 11) is 0. The Labute approximate surface area is 172 Å². The highest BCUT2D eigenvalue weighted by atomic mass is 15.0. The van der Waals surface area contributed by atoms with Gasteiger partial charge in [-0.25, -0.2) is 0 Å². The molecule has 2 aromatic heterocycles. The van der Waals surface area contributed by atoms with E-state index in [9.17, 15) is 0 Å². The van der Waals surface area contributed by atoms with E-state index >= 15 is 0 Å². The summed E-state index contributed by atoms with van der Waals surface area (Å²) < 4.78 is 4.62. The summed E-state index contributed by atoms with van der Waals surface area (Å²) in [6.45, 7) is 3.43. The third-order valence-electron chi connectivity index (χ3n) is 5.07. The van der Waals surface area contributed by atoms with E-state index in [-0.39, 0.29) is 0 Å². The zero-order valence-corrected chi connectivity index (χ0v) is 16.6. The van der Waals surface area contributed by atoms with Crippen molar-refractivity contribution in [3.05, 3.63) is 132 Å². The molecule has 2 aromatic carbocycles. The third-order valence-corrected chi connectivity index (χ3v) is 5.07. The van der Waals surface area contributed by atoms with Crippen molar-refractivity contribution in [3.63, 3.8) is 0 Å². The monoisotopic (exact) mass is 381 g/mol. The van der Waals surface area contributed by atoms with Crippen LogP contribution in [-0.4, -0.2) is 0 Å². The number of nitrogens with one attached hydrogen (secondary N) is 1. The summed E-state index contributed by atoms with van der Waals surface area (Å²) in [6.07, 6.45) is 4.31. The molecule has 0 aliphatic heterocycles. The zero-order chi connectivity index (χ0) is 19.7. The summed E-state index contributed by atoms with van der Waals surface area (Å²) in [6, 6.07) is 34.0. The van der Waals surface area contributed by atoms with Gasteiger partial charge < -0.3 is 0 Å². The van der Waals surface area contributed by atoms with Crippen LogP contribution in [0.1, 0.15) is 22.5 Å². The maximum Gasteiger partial charge on any atom is 0.195 e. The smallest absolute Gasteiger partial charge is 0.195 e. The van der Waals surface area contributed by atoms with E-state index in [1.165, 1.54) is 22.5 Å². The normalized spacial score (nSPS) is 10.8. The van der Waals surface area contributed by atoms with Gasteiger partial charge in [-0.1, -0.05) is 72.8 Å². The van der Waals surface area contributed by atoms with Crippen LogP contribution in [0.2, 0.25) is 0 Å². The predicted octanol–water partition coefficient (Wildman–Crippen LogP) is 3.65. The summed E-state index contributed by atoms with van der Waals surface area (Å²) in [4.78, 5) is 0. The topological polar surface area (TPSA) is 19.8 Å². The van der Waals surface area contributed by atoms with E-state index < -0.39 is 0 Å². The van der Waals surface area contributed by atoms with Crippen molar-refractivity contribution in [2.24, 2.45) is 0 Å². The molecule has 0 aliphatic carbocycles. The molecule has 3 heteroatoms. The van der Waals surface area contributed by atoms with Crippen LogP contribution < -0.4 is 14.5 Å². The molecule has 1 N–H and O–H groups in total. The molecule has 0 aliphatic rings. The summed E-state index contributed by atoms with van der Waals surface area (Å²) in [5.74, 6) is 0. The van der Waals surface area contributed by atoms with Crippen molar-refractivity contribution < 1.29 is 9.13 Å². The largest absolute Gasteiger partial charge is 0.298 e. The van der Waals surface area contributed by atoms with Gasteiger partial charge in [-0.3, -0.25) is 5.32 Å². The second kappa shape index (κ2) is 9.76. The van der Waals surface area contributed by atoms with Crippen molar-refractivity contribution >= 4 is 0 Å². The molecule has 144 valence electrons. The number of rotatable bonds is 8. The van der Waals surface area contributed by atoms with Crippen LogP contribution in [0.15, 0.2) is 109 Å². The Morgan fingerprint density at radius 3 is 1.34 bits per heavy atom. The fourth-order valence-electron chi connectivity index (χ4n) is 3.53. The van der Waals surface area contributed by atoms with Gasteiger partial charge in [0.15, 0.2) is 36.9 Å². The highest BCUT2D eigenvalue weighted by molar-refractivity contribution is 5.14. The number of pyridine rings is 2. The lowest BCUT2D eigenvalue weighted by molar-refractivity contribution is -0.697. The standard InChI is InChI=1S/C26H27N3/c1-3-11-23(12-4-1)21-28-17-9-7-15-25(28)19-27-20-26-16-8-10-18-29(26)22-24-13-5-2-6-14-24/h1-18,27H,19-22H2/q+2. The molecule has 4 rings (SSSR count). The van der Waals surface area contributed by atoms with Crippen LogP contribution in [0.4, 0.5) is 0 Å². The Morgan fingerprint density at radius 1 is 0.483 bits per heavy atom.